The van der Waals surface area contributed by atoms with Crippen LogP contribution in [0.25, 0.3) is 5.70 Å². The normalized spacial score (nSPS) is 11.0. The molecule has 82 valence electrons. The summed E-state index contributed by atoms with van der Waals surface area (Å²) in [5.74, 6) is 0. The van der Waals surface area contributed by atoms with Gasteiger partial charge in [-0.15, -0.1) is 0 Å². The van der Waals surface area contributed by atoms with Crippen molar-refractivity contribution in [1.82, 2.24) is 0 Å². The van der Waals surface area contributed by atoms with Crippen LogP contribution in [-0.2, 0) is 6.42 Å². The van der Waals surface area contributed by atoms with Gasteiger partial charge < -0.3 is 5.73 Å². The molecule has 16 heavy (non-hydrogen) atoms. The molecule has 0 atom stereocenters. The minimum atomic E-state index is 0.609. The second-order valence-corrected chi connectivity index (χ2v) is 3.48. The van der Waals surface area contributed by atoms with Crippen molar-refractivity contribution in [2.45, 2.75) is 6.42 Å². The van der Waals surface area contributed by atoms with Crippen molar-refractivity contribution in [3.8, 4) is 0 Å². The van der Waals surface area contributed by atoms with E-state index in [0.717, 1.165) is 12.0 Å². The molecule has 0 aliphatic rings. The molecule has 0 unspecified atom stereocenters. The van der Waals surface area contributed by atoms with Crippen LogP contribution in [0.4, 0.5) is 0 Å². The third-order valence-electron chi connectivity index (χ3n) is 2.15. The van der Waals surface area contributed by atoms with E-state index in [9.17, 15) is 0 Å². The fraction of sp³-hybridized carbons (Fsp3) is 0.0667. The maximum atomic E-state index is 5.64. The van der Waals surface area contributed by atoms with Crippen molar-refractivity contribution in [3.63, 3.8) is 0 Å². The number of rotatable bonds is 5. The Hall–Kier alpha value is -2.02. The molecule has 1 aromatic rings. The maximum absolute atomic E-state index is 5.64. The molecule has 0 fully saturated rings. The van der Waals surface area contributed by atoms with Crippen molar-refractivity contribution >= 4 is 5.70 Å². The lowest BCUT2D eigenvalue weighted by Gasteiger charge is -2.02. The summed E-state index contributed by atoms with van der Waals surface area (Å²) in [6.07, 6.45) is 10.6. The number of hydrogen-bond acceptors (Lipinski definition) is 1. The van der Waals surface area contributed by atoms with Gasteiger partial charge in [0.25, 0.3) is 0 Å². The van der Waals surface area contributed by atoms with E-state index in [2.05, 4.69) is 31.4 Å². The van der Waals surface area contributed by atoms with Crippen LogP contribution in [0.1, 0.15) is 11.1 Å². The largest absolute Gasteiger partial charge is 0.399 e. The third-order valence-corrected chi connectivity index (χ3v) is 2.15. The van der Waals surface area contributed by atoms with Crippen molar-refractivity contribution in [2.24, 2.45) is 5.73 Å². The molecule has 2 N–H and O–H groups in total. The van der Waals surface area contributed by atoms with E-state index in [1.54, 1.807) is 6.08 Å². The highest BCUT2D eigenvalue weighted by molar-refractivity contribution is 5.60. The standard InChI is InChI=1S/C15H17N/c1-3-4-5-6-7-9-14-10-8-11-15(12-14)13(2)16/h3-8,10-12H,1-2,9,16H2/b5-4-,7-6-. The number of nitrogens with two attached hydrogens (primary N) is 1. The third kappa shape index (κ3) is 4.01. The highest BCUT2D eigenvalue weighted by Gasteiger charge is 1.94. The van der Waals surface area contributed by atoms with Gasteiger partial charge in [0.05, 0.1) is 0 Å². The van der Waals surface area contributed by atoms with E-state index < -0.39 is 0 Å². The molecule has 1 aromatic carbocycles. The molecule has 0 saturated heterocycles. The summed E-state index contributed by atoms with van der Waals surface area (Å²) in [5.41, 5.74) is 8.47. The first-order valence-electron chi connectivity index (χ1n) is 5.22. The van der Waals surface area contributed by atoms with Crippen LogP contribution >= 0.6 is 0 Å². The number of hydrogen-bond donors (Lipinski definition) is 1. The molecule has 0 aliphatic heterocycles. The Morgan fingerprint density at radius 3 is 2.75 bits per heavy atom. The summed E-state index contributed by atoms with van der Waals surface area (Å²) >= 11 is 0. The Morgan fingerprint density at radius 2 is 2.06 bits per heavy atom. The molecular weight excluding hydrogens is 194 g/mol. The zero-order chi connectivity index (χ0) is 11.8. The van der Waals surface area contributed by atoms with Crippen LogP contribution in [0, 0.1) is 0 Å². The Kier molecular flexibility index (Phi) is 4.87. The highest BCUT2D eigenvalue weighted by Crippen LogP contribution is 2.10. The summed E-state index contributed by atoms with van der Waals surface area (Å²) in [5, 5.41) is 0. The molecule has 0 saturated carbocycles. The van der Waals surface area contributed by atoms with E-state index in [4.69, 9.17) is 5.73 Å². The lowest BCUT2D eigenvalue weighted by molar-refractivity contribution is 1.26. The molecule has 0 radical (unpaired) electrons. The molecular formula is C15H17N. The summed E-state index contributed by atoms with van der Waals surface area (Å²) in [4.78, 5) is 0. The van der Waals surface area contributed by atoms with E-state index in [-0.39, 0.29) is 0 Å². The Balaban J connectivity index is 2.64. The number of benzene rings is 1. The van der Waals surface area contributed by atoms with E-state index >= 15 is 0 Å². The minimum Gasteiger partial charge on any atom is -0.399 e. The van der Waals surface area contributed by atoms with Crippen molar-refractivity contribution < 1.29 is 0 Å². The van der Waals surface area contributed by atoms with Crippen LogP contribution < -0.4 is 5.73 Å². The van der Waals surface area contributed by atoms with E-state index in [0.29, 0.717) is 5.70 Å². The molecule has 0 spiro atoms. The molecule has 1 rings (SSSR count). The van der Waals surface area contributed by atoms with Crippen molar-refractivity contribution in [2.75, 3.05) is 0 Å². The zero-order valence-corrected chi connectivity index (χ0v) is 9.39. The summed E-state index contributed by atoms with van der Waals surface area (Å²) in [7, 11) is 0. The molecule has 1 nitrogen and oxygen atoms in total. The minimum absolute atomic E-state index is 0.609. The van der Waals surface area contributed by atoms with Gasteiger partial charge >= 0.3 is 0 Å². The van der Waals surface area contributed by atoms with Crippen molar-refractivity contribution in [3.05, 3.63) is 78.9 Å². The lowest BCUT2D eigenvalue weighted by Crippen LogP contribution is -1.94. The molecule has 0 bridgehead atoms. The highest BCUT2D eigenvalue weighted by atomic mass is 14.6. The van der Waals surface area contributed by atoms with Gasteiger partial charge in [-0.05, 0) is 23.6 Å². The van der Waals surface area contributed by atoms with Gasteiger partial charge in [0.1, 0.15) is 0 Å². The Morgan fingerprint density at radius 1 is 1.25 bits per heavy atom. The molecule has 0 aliphatic carbocycles. The van der Waals surface area contributed by atoms with Gasteiger partial charge in [0.15, 0.2) is 0 Å². The molecule has 0 aromatic heterocycles. The Labute approximate surface area is 97.3 Å². The van der Waals surface area contributed by atoms with Gasteiger partial charge in [-0.1, -0.05) is 61.7 Å². The smallest absolute Gasteiger partial charge is 0.0314 e. The first-order chi connectivity index (χ1) is 7.74. The summed E-state index contributed by atoms with van der Waals surface area (Å²) in [6, 6.07) is 8.10. The summed E-state index contributed by atoms with van der Waals surface area (Å²) in [6.45, 7) is 7.33. The fourth-order valence-corrected chi connectivity index (χ4v) is 1.32. The van der Waals surface area contributed by atoms with Crippen LogP contribution in [0.2, 0.25) is 0 Å². The topological polar surface area (TPSA) is 26.0 Å². The van der Waals surface area contributed by atoms with Gasteiger partial charge in [0.2, 0.25) is 0 Å². The molecule has 0 heterocycles. The van der Waals surface area contributed by atoms with Gasteiger partial charge in [-0.25, -0.2) is 0 Å². The van der Waals surface area contributed by atoms with E-state index in [1.165, 1.54) is 5.56 Å². The van der Waals surface area contributed by atoms with Crippen LogP contribution in [-0.4, -0.2) is 0 Å². The Bertz CT molecular complexity index is 425. The fourth-order valence-electron chi connectivity index (χ4n) is 1.32. The second-order valence-electron chi connectivity index (χ2n) is 3.48. The summed E-state index contributed by atoms with van der Waals surface area (Å²) < 4.78 is 0. The van der Waals surface area contributed by atoms with Gasteiger partial charge in [-0.2, -0.15) is 0 Å². The van der Waals surface area contributed by atoms with Gasteiger partial charge in [-0.3, -0.25) is 0 Å². The van der Waals surface area contributed by atoms with E-state index in [1.807, 2.05) is 30.4 Å². The average Bonchev–Trinajstić information content (AvgIpc) is 2.29. The predicted octanol–water partition coefficient (Wildman–Crippen LogP) is 3.46. The monoisotopic (exact) mass is 211 g/mol. The second kappa shape index (κ2) is 6.46. The van der Waals surface area contributed by atoms with Crippen LogP contribution in [0.15, 0.2) is 67.8 Å². The van der Waals surface area contributed by atoms with Gasteiger partial charge in [0, 0.05) is 5.70 Å². The zero-order valence-electron chi connectivity index (χ0n) is 9.39. The molecule has 1 heteroatoms. The first kappa shape index (κ1) is 12.1. The predicted molar refractivity (Wildman–Crippen MR) is 71.8 cm³/mol. The van der Waals surface area contributed by atoms with Crippen molar-refractivity contribution in [1.29, 1.82) is 0 Å². The van der Waals surface area contributed by atoms with Crippen LogP contribution in [0.3, 0.4) is 0 Å². The average molecular weight is 211 g/mol. The SMILES string of the molecule is C=C/C=C\C=C/Cc1cccc(C(=C)N)c1. The quantitative estimate of drug-likeness (QED) is 0.742. The maximum Gasteiger partial charge on any atom is 0.0314 e. The van der Waals surface area contributed by atoms with Crippen LogP contribution in [0.5, 0.6) is 0 Å². The first-order valence-corrected chi connectivity index (χ1v) is 5.22. The number of allylic oxidation sites excluding steroid dienone is 5. The lowest BCUT2D eigenvalue weighted by atomic mass is 10.1. The molecule has 0 amide bonds.